The average Bonchev–Trinajstić information content (AvgIpc) is 2.46. The summed E-state index contributed by atoms with van der Waals surface area (Å²) in [7, 11) is -1.76. The van der Waals surface area contributed by atoms with Gasteiger partial charge in [0.15, 0.2) is 8.32 Å². The second-order valence-corrected chi connectivity index (χ2v) is 17.7. The fourth-order valence-electron chi connectivity index (χ4n) is 2.86. The van der Waals surface area contributed by atoms with E-state index in [9.17, 15) is 4.55 Å². The number of nitrogens with zero attached hydrogens (tertiary/aromatic N) is 1. The molecule has 2 rings (SSSR count). The maximum atomic E-state index is 12.8. The van der Waals surface area contributed by atoms with E-state index in [1.165, 1.54) is 0 Å². The van der Waals surface area contributed by atoms with Gasteiger partial charge < -0.3 is 8.98 Å². The molecule has 0 unspecified atom stereocenters. The van der Waals surface area contributed by atoms with Crippen molar-refractivity contribution >= 4 is 35.6 Å². The normalized spacial score (nSPS) is 23.6. The number of pyridine rings is 1. The van der Waals surface area contributed by atoms with Crippen LogP contribution in [0.25, 0.3) is 0 Å². The molecule has 1 aliphatic rings. The van der Waals surface area contributed by atoms with E-state index < -0.39 is 19.7 Å². The smallest absolute Gasteiger partial charge is 0.192 e. The third-order valence-electron chi connectivity index (χ3n) is 5.72. The van der Waals surface area contributed by atoms with Crippen LogP contribution in [-0.4, -0.2) is 28.7 Å². The number of hydrogen-bond acceptors (Lipinski definition) is 4. The molecule has 1 heterocycles. The van der Waals surface area contributed by atoms with E-state index in [-0.39, 0.29) is 15.8 Å². The first-order valence-electron chi connectivity index (χ1n) is 9.69. The minimum absolute atomic E-state index is 0.0261. The molecule has 1 aromatic rings. The van der Waals surface area contributed by atoms with Crippen LogP contribution in [0.2, 0.25) is 18.1 Å². The van der Waals surface area contributed by atoms with Gasteiger partial charge in [-0.25, -0.2) is 4.98 Å². The third-order valence-corrected chi connectivity index (χ3v) is 12.3. The molecule has 0 spiro atoms. The zero-order valence-electron chi connectivity index (χ0n) is 17.9. The van der Waals surface area contributed by atoms with Crippen LogP contribution in [0.5, 0.6) is 0 Å². The zero-order chi connectivity index (χ0) is 20.6. The van der Waals surface area contributed by atoms with Gasteiger partial charge in [-0.15, -0.1) is 4.72 Å². The Kier molecular flexibility index (Phi) is 7.30. The molecule has 4 nitrogen and oxygen atoms in total. The summed E-state index contributed by atoms with van der Waals surface area (Å²) in [6, 6.07) is 5.90. The summed E-state index contributed by atoms with van der Waals surface area (Å²) in [4.78, 5) is 4.64. The molecule has 0 saturated heterocycles. The van der Waals surface area contributed by atoms with Crippen molar-refractivity contribution in [1.82, 2.24) is 9.71 Å². The van der Waals surface area contributed by atoms with Gasteiger partial charge >= 0.3 is 0 Å². The van der Waals surface area contributed by atoms with Crippen LogP contribution in [0.15, 0.2) is 22.8 Å². The van der Waals surface area contributed by atoms with Gasteiger partial charge in [0.05, 0.1) is 11.7 Å². The first-order valence-corrected chi connectivity index (χ1v) is 14.5. The summed E-state index contributed by atoms with van der Waals surface area (Å²) < 4.78 is 23.2. The molecule has 154 valence electrons. The number of halogens is 1. The lowest BCUT2D eigenvalue weighted by Crippen LogP contribution is -2.51. The van der Waals surface area contributed by atoms with Crippen molar-refractivity contribution in [2.75, 3.05) is 0 Å². The lowest BCUT2D eigenvalue weighted by atomic mass is 9.76. The lowest BCUT2D eigenvalue weighted by molar-refractivity contribution is 0.0365. The number of aromatic nitrogens is 1. The summed E-state index contributed by atoms with van der Waals surface area (Å²) in [6.45, 7) is 17.4. The predicted molar refractivity (Wildman–Crippen MR) is 121 cm³/mol. The Morgan fingerprint density at radius 1 is 1.22 bits per heavy atom. The van der Waals surface area contributed by atoms with Gasteiger partial charge in [0.1, 0.15) is 9.35 Å². The van der Waals surface area contributed by atoms with Crippen LogP contribution >= 0.6 is 15.9 Å². The fraction of sp³-hybridized carbons (Fsp3) is 0.750. The van der Waals surface area contributed by atoms with Gasteiger partial charge in [0.25, 0.3) is 0 Å². The van der Waals surface area contributed by atoms with E-state index in [4.69, 9.17) is 4.43 Å². The highest BCUT2D eigenvalue weighted by Gasteiger charge is 2.46. The van der Waals surface area contributed by atoms with Gasteiger partial charge in [-0.3, -0.25) is 0 Å². The van der Waals surface area contributed by atoms with Crippen LogP contribution in [-0.2, 0) is 15.8 Å². The van der Waals surface area contributed by atoms with Crippen molar-refractivity contribution in [3.8, 4) is 0 Å². The first kappa shape index (κ1) is 23.4. The third kappa shape index (κ3) is 6.03. The van der Waals surface area contributed by atoms with Crippen molar-refractivity contribution in [3.05, 3.63) is 28.5 Å². The summed E-state index contributed by atoms with van der Waals surface area (Å²) in [5.41, 5.74) is 0.942. The van der Waals surface area contributed by atoms with Crippen molar-refractivity contribution in [2.24, 2.45) is 5.92 Å². The molecule has 1 aromatic heterocycles. The number of nitrogens with one attached hydrogen (secondary N) is 1. The van der Waals surface area contributed by atoms with E-state index in [0.29, 0.717) is 12.0 Å². The first-order chi connectivity index (χ1) is 12.2. The van der Waals surface area contributed by atoms with Crippen LogP contribution < -0.4 is 4.72 Å². The second kappa shape index (κ2) is 8.44. The maximum absolute atomic E-state index is 12.8. The van der Waals surface area contributed by atoms with E-state index in [2.05, 4.69) is 59.5 Å². The second-order valence-electron chi connectivity index (χ2n) is 10.1. The molecule has 1 fully saturated rings. The van der Waals surface area contributed by atoms with Crippen molar-refractivity contribution in [3.63, 3.8) is 0 Å². The summed E-state index contributed by atoms with van der Waals surface area (Å²) in [5.74, 6) is 0.382. The lowest BCUT2D eigenvalue weighted by Gasteiger charge is -2.46. The minimum Gasteiger partial charge on any atom is -0.598 e. The van der Waals surface area contributed by atoms with Gasteiger partial charge in [0.2, 0.25) is 0 Å². The molecule has 7 heteroatoms. The molecule has 0 radical (unpaired) electrons. The quantitative estimate of drug-likeness (QED) is 0.324. The Balaban J connectivity index is 2.10. The zero-order valence-corrected chi connectivity index (χ0v) is 21.3. The maximum Gasteiger partial charge on any atom is 0.192 e. The van der Waals surface area contributed by atoms with Gasteiger partial charge in [-0.1, -0.05) is 26.8 Å². The van der Waals surface area contributed by atoms with E-state index >= 15 is 0 Å². The topological polar surface area (TPSA) is 57.2 Å². The van der Waals surface area contributed by atoms with E-state index in [1.807, 2.05) is 39.0 Å². The average molecular weight is 476 g/mol. The Bertz CT molecular complexity index is 640. The molecule has 2 atom stereocenters. The van der Waals surface area contributed by atoms with Crippen LogP contribution in [0.4, 0.5) is 0 Å². The van der Waals surface area contributed by atoms with Crippen molar-refractivity contribution < 1.29 is 8.98 Å². The molecule has 1 N–H and O–H groups in total. The van der Waals surface area contributed by atoms with Crippen LogP contribution in [0, 0.1) is 5.92 Å². The van der Waals surface area contributed by atoms with Crippen LogP contribution in [0.1, 0.15) is 66.1 Å². The highest BCUT2D eigenvalue weighted by atomic mass is 79.9. The predicted octanol–water partition coefficient (Wildman–Crippen LogP) is 5.74. The number of rotatable bonds is 6. The molecule has 0 amide bonds. The molecule has 1 saturated carbocycles. The van der Waals surface area contributed by atoms with Crippen molar-refractivity contribution in [1.29, 1.82) is 0 Å². The van der Waals surface area contributed by atoms with E-state index in [0.717, 1.165) is 23.1 Å². The van der Waals surface area contributed by atoms with E-state index in [1.54, 1.807) is 0 Å². The molecule has 0 aromatic carbocycles. The van der Waals surface area contributed by atoms with Gasteiger partial charge in [-0.2, -0.15) is 0 Å². The number of hydrogen-bond donors (Lipinski definition) is 1. The fourth-order valence-corrected chi connectivity index (χ4v) is 5.49. The molecular formula is C20H35BrN2O2SSi. The highest BCUT2D eigenvalue weighted by molar-refractivity contribution is 9.10. The molecule has 0 bridgehead atoms. The Hall–Kier alpha value is 0.0769. The summed E-state index contributed by atoms with van der Waals surface area (Å²) in [5, 5.41) is 0.218. The van der Waals surface area contributed by atoms with Crippen LogP contribution in [0.3, 0.4) is 0 Å². The highest BCUT2D eigenvalue weighted by Crippen LogP contribution is 2.45. The standard InChI is InChI=1S/C20H35BrN2O2SSi/c1-19(2,3)26(24)23-18(16-10-9-11-17(21)22-16)14-12-15(13-14)25-27(7,8)20(4,5)6/h9-11,14-15,18,23H,12-13H2,1-8H3/t14?,15?,18-,26+/m0/s1. The van der Waals surface area contributed by atoms with Gasteiger partial charge in [-0.05, 0) is 85.7 Å². The minimum atomic E-state index is -1.76. The summed E-state index contributed by atoms with van der Waals surface area (Å²) in [6.07, 6.45) is 2.27. The monoisotopic (exact) mass is 474 g/mol. The largest absolute Gasteiger partial charge is 0.598 e. The Morgan fingerprint density at radius 2 is 1.81 bits per heavy atom. The molecule has 0 aliphatic heterocycles. The van der Waals surface area contributed by atoms with Crippen molar-refractivity contribution in [2.45, 2.75) is 89.4 Å². The Morgan fingerprint density at radius 3 is 2.30 bits per heavy atom. The molecular weight excluding hydrogens is 440 g/mol. The SMILES string of the molecule is CC(C)(C)[S@@+]([O-])N[C@H](c1cccc(Br)n1)C1CC(O[Si](C)(C)C(C)(C)C)C1. The summed E-state index contributed by atoms with van der Waals surface area (Å²) >= 11 is 2.32. The Labute approximate surface area is 177 Å². The molecule has 1 aliphatic carbocycles. The van der Waals surface area contributed by atoms with Gasteiger partial charge in [0, 0.05) is 17.5 Å². The molecule has 27 heavy (non-hydrogen) atoms.